The third-order valence-corrected chi connectivity index (χ3v) is 5.47. The number of allylic oxidation sites excluding steroid dienone is 1. The molecule has 19 heavy (non-hydrogen) atoms. The molecule has 0 radical (unpaired) electrons. The summed E-state index contributed by atoms with van der Waals surface area (Å²) in [5, 5.41) is 0.594. The summed E-state index contributed by atoms with van der Waals surface area (Å²) >= 11 is 9.07. The number of hydrogen-bond acceptors (Lipinski definition) is 4. The Morgan fingerprint density at radius 3 is 2.32 bits per heavy atom. The fourth-order valence-electron chi connectivity index (χ4n) is 1.70. The van der Waals surface area contributed by atoms with Crippen LogP contribution in [-0.2, 0) is 9.59 Å². The average molecular weight is 314 g/mol. The van der Waals surface area contributed by atoms with E-state index in [1.54, 1.807) is 47.8 Å². The number of Topliss-reactive ketones (excluding diaryl/α,β-unsaturated/α-hetero) is 1. The molecule has 1 aromatic rings. The van der Waals surface area contributed by atoms with E-state index < -0.39 is 0 Å². The standard InChI is InChI=1S/C13H12ClNO2S2/c1-9(17)12(13-18-6-7-19-13)15(8-16)11-4-2-10(14)3-5-11/h2-5,8H,6-7H2,1H3. The topological polar surface area (TPSA) is 37.4 Å². The Kier molecular flexibility index (Phi) is 4.96. The van der Waals surface area contributed by atoms with Crippen LogP contribution < -0.4 is 4.90 Å². The van der Waals surface area contributed by atoms with Gasteiger partial charge < -0.3 is 0 Å². The van der Waals surface area contributed by atoms with Crippen LogP contribution in [0.5, 0.6) is 0 Å². The van der Waals surface area contributed by atoms with Gasteiger partial charge in [-0.1, -0.05) is 11.6 Å². The fourth-order valence-corrected chi connectivity index (χ4v) is 4.46. The molecule has 1 aliphatic heterocycles. The zero-order chi connectivity index (χ0) is 13.8. The van der Waals surface area contributed by atoms with E-state index >= 15 is 0 Å². The predicted octanol–water partition coefficient (Wildman–Crippen LogP) is 3.54. The number of ketones is 1. The van der Waals surface area contributed by atoms with Crippen molar-refractivity contribution in [3.8, 4) is 0 Å². The molecular weight excluding hydrogens is 302 g/mol. The van der Waals surface area contributed by atoms with Crippen LogP contribution >= 0.6 is 35.1 Å². The molecule has 1 saturated heterocycles. The Bertz CT molecular complexity index is 520. The normalized spacial score (nSPS) is 14.3. The number of carbonyl (C=O) groups excluding carboxylic acids is 2. The van der Waals surface area contributed by atoms with Gasteiger partial charge in [0.15, 0.2) is 5.78 Å². The van der Waals surface area contributed by atoms with Gasteiger partial charge in [0.05, 0.1) is 4.24 Å². The highest BCUT2D eigenvalue weighted by Gasteiger charge is 2.23. The molecular formula is C13H12ClNO2S2. The predicted molar refractivity (Wildman–Crippen MR) is 82.6 cm³/mol. The van der Waals surface area contributed by atoms with Crippen LogP contribution in [0.25, 0.3) is 0 Å². The largest absolute Gasteiger partial charge is 0.293 e. The molecule has 1 aromatic carbocycles. The van der Waals surface area contributed by atoms with Crippen LogP contribution in [0.3, 0.4) is 0 Å². The van der Waals surface area contributed by atoms with Gasteiger partial charge in [0.2, 0.25) is 6.41 Å². The number of thioether (sulfide) groups is 2. The Morgan fingerprint density at radius 1 is 1.26 bits per heavy atom. The number of benzene rings is 1. The Morgan fingerprint density at radius 2 is 1.84 bits per heavy atom. The third-order valence-electron chi connectivity index (χ3n) is 2.53. The molecule has 1 heterocycles. The lowest BCUT2D eigenvalue weighted by molar-refractivity contribution is -0.115. The number of hydrogen-bond donors (Lipinski definition) is 0. The van der Waals surface area contributed by atoms with Crippen molar-refractivity contribution in [2.75, 3.05) is 16.4 Å². The summed E-state index contributed by atoms with van der Waals surface area (Å²) in [6.45, 7) is 1.48. The average Bonchev–Trinajstić information content (AvgIpc) is 2.90. The van der Waals surface area contributed by atoms with Gasteiger partial charge in [0, 0.05) is 29.1 Å². The van der Waals surface area contributed by atoms with Crippen LogP contribution in [0, 0.1) is 0 Å². The van der Waals surface area contributed by atoms with Crippen molar-refractivity contribution in [2.24, 2.45) is 0 Å². The number of anilines is 1. The molecule has 100 valence electrons. The first-order valence-electron chi connectivity index (χ1n) is 5.64. The fraction of sp³-hybridized carbons (Fsp3) is 0.231. The summed E-state index contributed by atoms with van der Waals surface area (Å²) in [6.07, 6.45) is 0.673. The van der Waals surface area contributed by atoms with Gasteiger partial charge in [-0.25, -0.2) is 0 Å². The van der Waals surface area contributed by atoms with Gasteiger partial charge in [-0.3, -0.25) is 14.5 Å². The molecule has 0 bridgehead atoms. The zero-order valence-electron chi connectivity index (χ0n) is 10.3. The molecule has 1 aliphatic rings. The lowest BCUT2D eigenvalue weighted by Gasteiger charge is -2.20. The number of rotatable bonds is 4. The molecule has 0 spiro atoms. The SMILES string of the molecule is CC(=O)C(=C1SCCS1)N(C=O)c1ccc(Cl)cc1. The van der Waals surface area contributed by atoms with Crippen molar-refractivity contribution in [3.63, 3.8) is 0 Å². The minimum Gasteiger partial charge on any atom is -0.293 e. The van der Waals surface area contributed by atoms with Gasteiger partial charge in [-0.2, -0.15) is 0 Å². The van der Waals surface area contributed by atoms with Crippen molar-refractivity contribution >= 4 is 53.0 Å². The second-order valence-electron chi connectivity index (χ2n) is 3.84. The molecule has 0 aliphatic carbocycles. The van der Waals surface area contributed by atoms with Crippen molar-refractivity contribution in [1.82, 2.24) is 0 Å². The van der Waals surface area contributed by atoms with Crippen LogP contribution in [0.15, 0.2) is 34.2 Å². The first-order valence-corrected chi connectivity index (χ1v) is 7.99. The van der Waals surface area contributed by atoms with Gasteiger partial charge in [-0.15, -0.1) is 23.5 Å². The van der Waals surface area contributed by atoms with E-state index in [1.807, 2.05) is 0 Å². The van der Waals surface area contributed by atoms with Crippen molar-refractivity contribution < 1.29 is 9.59 Å². The maximum Gasteiger partial charge on any atom is 0.218 e. The molecule has 0 aromatic heterocycles. The van der Waals surface area contributed by atoms with Gasteiger partial charge in [0.25, 0.3) is 0 Å². The lowest BCUT2D eigenvalue weighted by atomic mass is 10.2. The van der Waals surface area contributed by atoms with Crippen molar-refractivity contribution in [3.05, 3.63) is 39.2 Å². The summed E-state index contributed by atoms with van der Waals surface area (Å²) in [5.41, 5.74) is 1.09. The molecule has 2 rings (SSSR count). The van der Waals surface area contributed by atoms with E-state index in [2.05, 4.69) is 0 Å². The molecule has 0 N–H and O–H groups in total. The molecule has 0 saturated carbocycles. The van der Waals surface area contributed by atoms with Crippen molar-refractivity contribution in [1.29, 1.82) is 0 Å². The number of nitrogens with zero attached hydrogens (tertiary/aromatic N) is 1. The van der Waals surface area contributed by atoms with Gasteiger partial charge >= 0.3 is 0 Å². The summed E-state index contributed by atoms with van der Waals surface area (Å²) in [6, 6.07) is 6.85. The Labute approximate surface area is 125 Å². The number of halogens is 1. The van der Waals surface area contributed by atoms with Crippen LogP contribution in [0.1, 0.15) is 6.92 Å². The molecule has 1 fully saturated rings. The van der Waals surface area contributed by atoms with Crippen LogP contribution in [0.4, 0.5) is 5.69 Å². The quantitative estimate of drug-likeness (QED) is 0.629. The summed E-state index contributed by atoms with van der Waals surface area (Å²) in [4.78, 5) is 24.6. The highest BCUT2D eigenvalue weighted by Crippen LogP contribution is 2.40. The molecule has 3 nitrogen and oxygen atoms in total. The minimum atomic E-state index is -0.112. The van der Waals surface area contributed by atoms with E-state index in [1.165, 1.54) is 11.8 Å². The zero-order valence-corrected chi connectivity index (χ0v) is 12.6. The third kappa shape index (κ3) is 3.35. The highest BCUT2D eigenvalue weighted by atomic mass is 35.5. The van der Waals surface area contributed by atoms with E-state index in [0.717, 1.165) is 15.7 Å². The Hall–Kier alpha value is -0.910. The van der Waals surface area contributed by atoms with E-state index in [0.29, 0.717) is 22.8 Å². The smallest absolute Gasteiger partial charge is 0.218 e. The first kappa shape index (κ1) is 14.5. The van der Waals surface area contributed by atoms with E-state index in [-0.39, 0.29) is 5.78 Å². The van der Waals surface area contributed by atoms with E-state index in [9.17, 15) is 9.59 Å². The van der Waals surface area contributed by atoms with E-state index in [4.69, 9.17) is 11.6 Å². The monoisotopic (exact) mass is 313 g/mol. The highest BCUT2D eigenvalue weighted by molar-refractivity contribution is 8.25. The minimum absolute atomic E-state index is 0.112. The lowest BCUT2D eigenvalue weighted by Crippen LogP contribution is -2.25. The molecule has 1 amide bonds. The van der Waals surface area contributed by atoms with Crippen LogP contribution in [0.2, 0.25) is 5.02 Å². The molecule has 6 heteroatoms. The van der Waals surface area contributed by atoms with Gasteiger partial charge in [0.1, 0.15) is 5.70 Å². The van der Waals surface area contributed by atoms with Gasteiger partial charge in [-0.05, 0) is 24.3 Å². The molecule has 0 atom stereocenters. The maximum absolute atomic E-state index is 11.9. The molecule has 0 unspecified atom stereocenters. The van der Waals surface area contributed by atoms with Crippen LogP contribution in [-0.4, -0.2) is 23.7 Å². The summed E-state index contributed by atoms with van der Waals surface area (Å²) in [7, 11) is 0. The summed E-state index contributed by atoms with van der Waals surface area (Å²) in [5.74, 6) is 1.81. The second-order valence-corrected chi connectivity index (χ2v) is 6.75. The number of amides is 1. The Balaban J connectivity index is 2.43. The second kappa shape index (κ2) is 6.50. The summed E-state index contributed by atoms with van der Waals surface area (Å²) < 4.78 is 0.912. The van der Waals surface area contributed by atoms with Crippen molar-refractivity contribution in [2.45, 2.75) is 6.92 Å². The first-order chi connectivity index (χ1) is 9.13. The number of carbonyl (C=O) groups is 2. The maximum atomic E-state index is 11.9.